The molecule has 1 aromatic rings. The summed E-state index contributed by atoms with van der Waals surface area (Å²) < 4.78 is 4.87. The van der Waals surface area contributed by atoms with E-state index in [0.717, 1.165) is 0 Å². The van der Waals surface area contributed by atoms with Gasteiger partial charge in [-0.1, -0.05) is 11.6 Å². The van der Waals surface area contributed by atoms with Crippen LogP contribution >= 0.6 is 11.6 Å². The predicted molar refractivity (Wildman–Crippen MR) is 58.1 cm³/mol. The number of methoxy groups -OCH3 is 1. The molecule has 17 heavy (non-hydrogen) atoms. The number of hydrogen-bond acceptors (Lipinski definition) is 4. The molecule has 0 heterocycles. The first-order chi connectivity index (χ1) is 7.95. The first-order valence-corrected chi connectivity index (χ1v) is 4.75. The third kappa shape index (κ3) is 3.18. The number of carboxylic acids is 1. The van der Waals surface area contributed by atoms with Crippen molar-refractivity contribution in [2.24, 2.45) is 0 Å². The van der Waals surface area contributed by atoms with Crippen molar-refractivity contribution in [3.05, 3.63) is 28.8 Å². The smallest absolute Gasteiger partial charge is 0.394 e. The van der Waals surface area contributed by atoms with Gasteiger partial charge in [0.25, 0.3) is 5.91 Å². The molecule has 0 bridgehead atoms. The number of carbonyl (C=O) groups excluding carboxylic acids is 2. The van der Waals surface area contributed by atoms with Crippen LogP contribution in [0.1, 0.15) is 10.4 Å². The number of hydrogen-bond donors (Lipinski definition) is 2. The van der Waals surface area contributed by atoms with E-state index in [1.54, 1.807) is 5.32 Å². The predicted octanol–water partition coefficient (Wildman–Crippen LogP) is 0.690. The van der Waals surface area contributed by atoms with E-state index >= 15 is 0 Å². The van der Waals surface area contributed by atoms with Crippen molar-refractivity contribution >= 4 is 29.4 Å². The number of amides is 2. The van der Waals surface area contributed by atoms with E-state index in [-0.39, 0.29) is 10.6 Å². The minimum atomic E-state index is -1.75. The molecule has 90 valence electrons. The van der Waals surface area contributed by atoms with Crippen LogP contribution in [0.4, 0.5) is 0 Å². The third-order valence-electron chi connectivity index (χ3n) is 1.84. The quantitative estimate of drug-likeness (QED) is 0.761. The fraction of sp³-hybridized carbons (Fsp3) is 0.100. The van der Waals surface area contributed by atoms with Gasteiger partial charge in [-0.3, -0.25) is 14.9 Å². The van der Waals surface area contributed by atoms with E-state index in [9.17, 15) is 14.4 Å². The lowest BCUT2D eigenvalue weighted by Crippen LogP contribution is -2.35. The van der Waals surface area contributed by atoms with Crippen LogP contribution in [0.3, 0.4) is 0 Å². The lowest BCUT2D eigenvalue weighted by atomic mass is 10.2. The molecule has 2 amide bonds. The average Bonchev–Trinajstić information content (AvgIpc) is 2.29. The van der Waals surface area contributed by atoms with E-state index in [2.05, 4.69) is 0 Å². The Morgan fingerprint density at radius 1 is 1.35 bits per heavy atom. The molecule has 2 N–H and O–H groups in total. The molecule has 1 rings (SSSR count). The molecule has 1 aromatic carbocycles. The summed E-state index contributed by atoms with van der Waals surface area (Å²) in [6, 6.07) is 4.23. The van der Waals surface area contributed by atoms with Crippen molar-refractivity contribution in [3.8, 4) is 5.75 Å². The molecule has 0 saturated carbocycles. The number of benzene rings is 1. The van der Waals surface area contributed by atoms with E-state index in [4.69, 9.17) is 21.4 Å². The Bertz CT molecular complexity index is 486. The summed E-state index contributed by atoms with van der Waals surface area (Å²) in [5.41, 5.74) is -0.0411. The first kappa shape index (κ1) is 13.0. The summed E-state index contributed by atoms with van der Waals surface area (Å²) in [6.07, 6.45) is 0. The van der Waals surface area contributed by atoms with Gasteiger partial charge in [0, 0.05) is 0 Å². The Morgan fingerprint density at radius 3 is 2.53 bits per heavy atom. The van der Waals surface area contributed by atoms with Gasteiger partial charge < -0.3 is 9.84 Å². The summed E-state index contributed by atoms with van der Waals surface area (Å²) in [4.78, 5) is 32.6. The molecule has 0 aromatic heterocycles. The number of nitrogens with one attached hydrogen (secondary N) is 1. The zero-order valence-electron chi connectivity index (χ0n) is 8.69. The zero-order chi connectivity index (χ0) is 13.0. The maximum absolute atomic E-state index is 11.5. The summed E-state index contributed by atoms with van der Waals surface area (Å²) in [5.74, 6) is -3.71. The van der Waals surface area contributed by atoms with Crippen molar-refractivity contribution in [2.45, 2.75) is 0 Å². The van der Waals surface area contributed by atoms with Crippen LogP contribution in [-0.4, -0.2) is 30.0 Å². The highest BCUT2D eigenvalue weighted by Gasteiger charge is 2.18. The van der Waals surface area contributed by atoms with Crippen LogP contribution in [-0.2, 0) is 9.59 Å². The monoisotopic (exact) mass is 257 g/mol. The summed E-state index contributed by atoms with van der Waals surface area (Å²) in [7, 11) is 1.40. The van der Waals surface area contributed by atoms with Crippen molar-refractivity contribution in [2.75, 3.05) is 7.11 Å². The minimum absolute atomic E-state index is 0.0411. The van der Waals surface area contributed by atoms with Crippen LogP contribution in [0.2, 0.25) is 5.02 Å². The van der Waals surface area contributed by atoms with E-state index in [1.807, 2.05) is 0 Å². The summed E-state index contributed by atoms with van der Waals surface area (Å²) >= 11 is 5.74. The van der Waals surface area contributed by atoms with Crippen molar-refractivity contribution in [3.63, 3.8) is 0 Å². The number of rotatable bonds is 2. The molecule has 7 heteroatoms. The first-order valence-electron chi connectivity index (χ1n) is 4.38. The third-order valence-corrected chi connectivity index (χ3v) is 2.17. The SMILES string of the molecule is COc1ccc(Cl)c(C(=O)NC(=O)C(=O)O)c1. The molecule has 0 spiro atoms. The maximum atomic E-state index is 11.5. The van der Waals surface area contributed by atoms with E-state index in [0.29, 0.717) is 5.75 Å². The van der Waals surface area contributed by atoms with Crippen LogP contribution in [0.25, 0.3) is 0 Å². The lowest BCUT2D eigenvalue weighted by molar-refractivity contribution is -0.149. The Labute approximate surface area is 101 Å². The topological polar surface area (TPSA) is 92.7 Å². The van der Waals surface area contributed by atoms with Gasteiger partial charge in [-0.15, -0.1) is 0 Å². The van der Waals surface area contributed by atoms with E-state index in [1.165, 1.54) is 25.3 Å². The van der Waals surface area contributed by atoms with Gasteiger partial charge in [0.05, 0.1) is 17.7 Å². The molecule has 6 nitrogen and oxygen atoms in total. The number of halogens is 1. The molecule has 0 fully saturated rings. The molecule has 0 unspecified atom stereocenters. The fourth-order valence-corrected chi connectivity index (χ4v) is 1.23. The van der Waals surface area contributed by atoms with Crippen molar-refractivity contribution in [1.82, 2.24) is 5.32 Å². The van der Waals surface area contributed by atoms with Gasteiger partial charge in [-0.25, -0.2) is 4.79 Å². The second kappa shape index (κ2) is 5.31. The Hall–Kier alpha value is -2.08. The second-order valence-electron chi connectivity index (χ2n) is 2.93. The Kier molecular flexibility index (Phi) is 4.06. The van der Waals surface area contributed by atoms with Crippen molar-refractivity contribution < 1.29 is 24.2 Å². The van der Waals surface area contributed by atoms with Gasteiger partial charge in [-0.2, -0.15) is 0 Å². The van der Waals surface area contributed by atoms with Gasteiger partial charge in [0.15, 0.2) is 0 Å². The molecule has 0 saturated heterocycles. The number of carboxylic acid groups (broad SMARTS) is 1. The van der Waals surface area contributed by atoms with Gasteiger partial charge in [-0.05, 0) is 18.2 Å². The molecule has 0 aliphatic carbocycles. The highest BCUT2D eigenvalue weighted by molar-refractivity contribution is 6.38. The molecule has 0 aliphatic rings. The minimum Gasteiger partial charge on any atom is -0.497 e. The zero-order valence-corrected chi connectivity index (χ0v) is 9.45. The number of aliphatic carboxylic acids is 1. The maximum Gasteiger partial charge on any atom is 0.394 e. The normalized spacial score (nSPS) is 9.53. The molecule has 0 aliphatic heterocycles. The molecule has 0 radical (unpaired) electrons. The van der Waals surface area contributed by atoms with E-state index < -0.39 is 17.8 Å². The largest absolute Gasteiger partial charge is 0.497 e. The highest BCUT2D eigenvalue weighted by atomic mass is 35.5. The Balaban J connectivity index is 2.95. The number of ether oxygens (including phenoxy) is 1. The summed E-state index contributed by atoms with van der Waals surface area (Å²) in [5, 5.41) is 10.1. The second-order valence-corrected chi connectivity index (χ2v) is 3.34. The fourth-order valence-electron chi connectivity index (χ4n) is 1.03. The lowest BCUT2D eigenvalue weighted by Gasteiger charge is -2.06. The van der Waals surface area contributed by atoms with Crippen LogP contribution in [0.15, 0.2) is 18.2 Å². The standard InChI is InChI=1S/C10H8ClNO5/c1-17-5-2-3-7(11)6(4-5)8(13)12-9(14)10(15)16/h2-4H,1H3,(H,15,16)(H,12,13,14). The van der Waals surface area contributed by atoms with Crippen molar-refractivity contribution in [1.29, 1.82) is 0 Å². The Morgan fingerprint density at radius 2 is 2.00 bits per heavy atom. The molecular weight excluding hydrogens is 250 g/mol. The summed E-state index contributed by atoms with van der Waals surface area (Å²) in [6.45, 7) is 0. The van der Waals surface area contributed by atoms with Gasteiger partial charge in [0.2, 0.25) is 0 Å². The number of carbonyl (C=O) groups is 3. The molecule has 0 atom stereocenters. The average molecular weight is 258 g/mol. The van der Waals surface area contributed by atoms with Crippen LogP contribution in [0, 0.1) is 0 Å². The highest BCUT2D eigenvalue weighted by Crippen LogP contribution is 2.21. The van der Waals surface area contributed by atoms with Crippen LogP contribution in [0.5, 0.6) is 5.75 Å². The molecular formula is C10H8ClNO5. The van der Waals surface area contributed by atoms with Gasteiger partial charge >= 0.3 is 11.9 Å². The van der Waals surface area contributed by atoms with Crippen LogP contribution < -0.4 is 10.1 Å². The van der Waals surface area contributed by atoms with Gasteiger partial charge in [0.1, 0.15) is 5.75 Å². The number of imide groups is 1.